The summed E-state index contributed by atoms with van der Waals surface area (Å²) in [7, 11) is 1.45. The summed E-state index contributed by atoms with van der Waals surface area (Å²) in [5.74, 6) is -4.01. The molecule has 1 aromatic carbocycles. The van der Waals surface area contributed by atoms with E-state index < -0.39 is 75.6 Å². The first-order valence-corrected chi connectivity index (χ1v) is 20.3. The van der Waals surface area contributed by atoms with Crippen LogP contribution in [0.3, 0.4) is 0 Å². The van der Waals surface area contributed by atoms with Gasteiger partial charge in [-0.2, -0.15) is 0 Å². The van der Waals surface area contributed by atoms with Crippen molar-refractivity contribution in [2.24, 2.45) is 34.5 Å². The zero-order chi connectivity index (χ0) is 39.7. The zero-order valence-electron chi connectivity index (χ0n) is 32.4. The van der Waals surface area contributed by atoms with Crippen molar-refractivity contribution >= 4 is 34.1 Å². The fourth-order valence-electron chi connectivity index (χ4n) is 12.4. The Morgan fingerprint density at radius 1 is 1.11 bits per heavy atom. The van der Waals surface area contributed by atoms with Crippen molar-refractivity contribution in [2.75, 3.05) is 38.3 Å². The summed E-state index contributed by atoms with van der Waals surface area (Å²) in [5.41, 5.74) is -6.51. The van der Waals surface area contributed by atoms with Gasteiger partial charge in [0.2, 0.25) is 11.2 Å². The number of allylic oxidation sites excluding steroid dienone is 4. The third kappa shape index (κ3) is 5.01. The van der Waals surface area contributed by atoms with Gasteiger partial charge < -0.3 is 34.5 Å². The number of hydrogen-bond donors (Lipinski definition) is 3. The van der Waals surface area contributed by atoms with E-state index in [2.05, 4.69) is 5.32 Å². The number of aliphatic hydroxyl groups excluding tert-OH is 1. The van der Waals surface area contributed by atoms with Crippen LogP contribution in [-0.4, -0.2) is 89.1 Å². The lowest BCUT2D eigenvalue weighted by Gasteiger charge is -2.62. The predicted octanol–water partition coefficient (Wildman–Crippen LogP) is 4.75. The van der Waals surface area contributed by atoms with Gasteiger partial charge in [0.25, 0.3) is 0 Å². The first-order valence-electron chi connectivity index (χ1n) is 20.3. The van der Waals surface area contributed by atoms with Gasteiger partial charge >= 0.3 is 5.97 Å². The smallest absolute Gasteiger partial charge is 0.344 e. The number of ketones is 2. The molecule has 0 radical (unpaired) electrons. The third-order valence-corrected chi connectivity index (χ3v) is 15.5. The highest BCUT2D eigenvalue weighted by atomic mass is 19.1. The van der Waals surface area contributed by atoms with E-state index in [9.17, 15) is 29.4 Å². The number of benzene rings is 1. The highest BCUT2D eigenvalue weighted by Gasteiger charge is 2.75. The molecule has 0 bridgehead atoms. The van der Waals surface area contributed by atoms with E-state index in [1.165, 1.54) is 31.5 Å². The molecule has 9 rings (SSSR count). The summed E-state index contributed by atoms with van der Waals surface area (Å²) < 4.78 is 47.0. The molecule has 3 N–H and O–H groups in total. The van der Waals surface area contributed by atoms with E-state index in [-0.39, 0.29) is 41.0 Å². The van der Waals surface area contributed by atoms with Gasteiger partial charge in [0, 0.05) is 48.1 Å². The van der Waals surface area contributed by atoms with E-state index in [0.29, 0.717) is 55.0 Å². The number of nitrogens with one attached hydrogen (secondary N) is 1. The lowest BCUT2D eigenvalue weighted by atomic mass is 9.44. The van der Waals surface area contributed by atoms with Crippen LogP contribution in [0, 0.1) is 40.3 Å². The number of Topliss-reactive ketones (excluding diaryl/α,β-unsaturated/α-hetero) is 1. The molecule has 2 aromatic rings. The molecule has 13 heteroatoms. The molecule has 0 spiro atoms. The number of carbonyl (C=O) groups excluding carboxylic acids is 3. The highest BCUT2D eigenvalue weighted by molar-refractivity contribution is 6.01. The molecular formula is C43H51F2N3O8. The number of methoxy groups -OCH3 is 1. The molecule has 1 aromatic heterocycles. The number of alkyl halides is 1. The number of piperidine rings is 1. The number of carbonyl (C=O) groups is 3. The molecule has 0 unspecified atom stereocenters. The molecule has 2 aliphatic heterocycles. The fourth-order valence-corrected chi connectivity index (χ4v) is 12.4. The monoisotopic (exact) mass is 775 g/mol. The Balaban J connectivity index is 0.997. The van der Waals surface area contributed by atoms with Gasteiger partial charge in [-0.1, -0.05) is 25.5 Å². The number of aromatic nitrogens is 1. The summed E-state index contributed by atoms with van der Waals surface area (Å²) in [4.78, 5) is 56.2. The maximum absolute atomic E-state index is 17.6. The summed E-state index contributed by atoms with van der Waals surface area (Å²) >= 11 is 0. The van der Waals surface area contributed by atoms with Crippen molar-refractivity contribution in [3.8, 4) is 5.75 Å². The number of pyridine rings is 1. The summed E-state index contributed by atoms with van der Waals surface area (Å²) in [5, 5.41) is 27.6. The SMILES string of the molecule is COc1c(N2C[C@@H]3CCCN[C@@H]3C2)c(F)cc2c(=O)c(C(=O)OCC(=O)[C@]3(O)[C@H](C)C[C@@H]4[C@H]5CCC6=CC(=O)C=C[C@@]6(C)[C@]5(F)[C@H](O)C[C@]43C)cn(C3CC3)c12. The van der Waals surface area contributed by atoms with Gasteiger partial charge in [0.05, 0.1) is 24.1 Å². The molecule has 10 atom stereocenters. The van der Waals surface area contributed by atoms with Crippen LogP contribution in [0.5, 0.6) is 5.75 Å². The number of fused-ring (bicyclic) bond motifs is 7. The van der Waals surface area contributed by atoms with Crippen molar-refractivity contribution in [2.45, 2.75) is 102 Å². The second-order valence-corrected chi connectivity index (χ2v) is 18.2. The molecule has 300 valence electrons. The number of esters is 1. The Kier molecular flexibility index (Phi) is 8.59. The van der Waals surface area contributed by atoms with Crippen LogP contribution in [0.1, 0.15) is 88.5 Å². The van der Waals surface area contributed by atoms with Gasteiger partial charge in [-0.3, -0.25) is 14.4 Å². The largest absolute Gasteiger partial charge is 0.492 e. The van der Waals surface area contributed by atoms with Crippen molar-refractivity contribution in [3.05, 3.63) is 57.7 Å². The third-order valence-electron chi connectivity index (χ3n) is 15.5. The van der Waals surface area contributed by atoms with Crippen LogP contribution in [0.25, 0.3) is 10.9 Å². The zero-order valence-corrected chi connectivity index (χ0v) is 32.4. The second kappa shape index (κ2) is 12.8. The molecule has 11 nitrogen and oxygen atoms in total. The molecule has 4 saturated carbocycles. The van der Waals surface area contributed by atoms with Crippen molar-refractivity contribution < 1.29 is 42.9 Å². The minimum atomic E-state index is -2.14. The van der Waals surface area contributed by atoms with Crippen molar-refractivity contribution in [1.82, 2.24) is 9.88 Å². The van der Waals surface area contributed by atoms with Crippen LogP contribution in [0.4, 0.5) is 14.5 Å². The first-order chi connectivity index (χ1) is 26.6. The fraction of sp³-hybridized carbons (Fsp3) is 0.628. The minimum Gasteiger partial charge on any atom is -0.492 e. The number of halogens is 2. The number of rotatable bonds is 7. The Bertz CT molecular complexity index is 2170. The molecule has 0 amide bonds. The van der Waals surface area contributed by atoms with E-state index in [0.717, 1.165) is 32.2 Å². The normalized spacial score (nSPS) is 38.8. The van der Waals surface area contributed by atoms with E-state index in [1.807, 2.05) is 4.90 Å². The molecule has 6 fully saturated rings. The quantitative estimate of drug-likeness (QED) is 0.337. The lowest BCUT2D eigenvalue weighted by molar-refractivity contribution is -0.219. The molecule has 3 heterocycles. The van der Waals surface area contributed by atoms with Crippen LogP contribution in [0.2, 0.25) is 0 Å². The highest BCUT2D eigenvalue weighted by Crippen LogP contribution is 2.70. The number of nitrogens with zero attached hydrogens (tertiary/aromatic N) is 2. The Morgan fingerprint density at radius 3 is 2.59 bits per heavy atom. The molecule has 5 aliphatic carbocycles. The maximum Gasteiger partial charge on any atom is 0.344 e. The first kappa shape index (κ1) is 37.6. The minimum absolute atomic E-state index is 0.0360. The summed E-state index contributed by atoms with van der Waals surface area (Å²) in [6.07, 6.45) is 8.72. The summed E-state index contributed by atoms with van der Waals surface area (Å²) in [6.45, 7) is 6.44. The van der Waals surface area contributed by atoms with Crippen LogP contribution < -0.4 is 20.4 Å². The standard InChI is InChI=1S/C43H51F2N3O8/c1-22-14-30-29-10-7-24-15-26(49)11-12-40(24,2)42(29,45)33(50)17-41(30,3)43(22,54)34(51)21-56-39(53)28-19-48(25-8-9-25)35-27(37(28)52)16-31(44)36(38(35)55-4)47-18-23-6-5-13-46-32(23)20-47/h11-12,15-16,19,22-23,25,29-30,32-33,46,50,54H,5-10,13-14,17-18,20-21H2,1-4H3/t22-,23+,29-,30-,32-,33-,40-,41-,42-,43-/m1/s1. The Hall–Kier alpha value is -3.94. The number of aliphatic hydroxyl groups is 2. The van der Waals surface area contributed by atoms with Gasteiger partial charge in [-0.25, -0.2) is 13.6 Å². The molecule has 56 heavy (non-hydrogen) atoms. The van der Waals surface area contributed by atoms with E-state index in [4.69, 9.17) is 9.47 Å². The maximum atomic E-state index is 17.6. The second-order valence-electron chi connectivity index (χ2n) is 18.2. The van der Waals surface area contributed by atoms with Crippen LogP contribution >= 0.6 is 0 Å². The Morgan fingerprint density at radius 2 is 1.88 bits per heavy atom. The average Bonchev–Trinajstić information content (AvgIpc) is 3.89. The van der Waals surface area contributed by atoms with Gasteiger partial charge in [0.15, 0.2) is 29.6 Å². The topological polar surface area (TPSA) is 147 Å². The number of ether oxygens (including phenoxy) is 2. The van der Waals surface area contributed by atoms with Gasteiger partial charge in [0.1, 0.15) is 16.9 Å². The molecular weight excluding hydrogens is 724 g/mol. The predicted molar refractivity (Wildman–Crippen MR) is 203 cm³/mol. The average molecular weight is 776 g/mol. The van der Waals surface area contributed by atoms with E-state index in [1.54, 1.807) is 31.4 Å². The molecule has 2 saturated heterocycles. The van der Waals surface area contributed by atoms with Crippen molar-refractivity contribution in [1.29, 1.82) is 0 Å². The van der Waals surface area contributed by atoms with Gasteiger partial charge in [-0.15, -0.1) is 0 Å². The van der Waals surface area contributed by atoms with Gasteiger partial charge in [-0.05, 0) is 101 Å². The molecule has 7 aliphatic rings. The van der Waals surface area contributed by atoms with E-state index >= 15 is 8.78 Å². The van der Waals surface area contributed by atoms with Crippen molar-refractivity contribution in [3.63, 3.8) is 0 Å². The Labute approximate surface area is 324 Å². The number of anilines is 1. The van der Waals surface area contributed by atoms with Crippen LogP contribution in [-0.2, 0) is 14.3 Å². The summed E-state index contributed by atoms with van der Waals surface area (Å²) in [6, 6.07) is 1.34. The lowest BCUT2D eigenvalue weighted by Crippen LogP contribution is -2.69. The van der Waals surface area contributed by atoms with Crippen LogP contribution in [0.15, 0.2) is 40.9 Å². The number of hydrogen-bond acceptors (Lipinski definition) is 10.